The normalized spacial score (nSPS) is 21.1. The molecule has 1 unspecified atom stereocenters. The van der Waals surface area contributed by atoms with Crippen molar-refractivity contribution in [3.63, 3.8) is 0 Å². The van der Waals surface area contributed by atoms with Gasteiger partial charge in [0.05, 0.1) is 5.56 Å². The molecule has 1 aromatic rings. The molecular weight excluding hydrogens is 241 g/mol. The predicted octanol–water partition coefficient (Wildman–Crippen LogP) is 2.87. The third kappa shape index (κ3) is 3.32. The third-order valence-corrected chi connectivity index (χ3v) is 3.93. The van der Waals surface area contributed by atoms with Crippen molar-refractivity contribution >= 4 is 5.84 Å². The van der Waals surface area contributed by atoms with E-state index >= 15 is 0 Å². The molecule has 3 N–H and O–H groups in total. The Morgan fingerprint density at radius 2 is 2.21 bits per heavy atom. The molecule has 0 saturated carbocycles. The summed E-state index contributed by atoms with van der Waals surface area (Å²) >= 11 is 0. The lowest BCUT2D eigenvalue weighted by molar-refractivity contribution is 0.202. The third-order valence-electron chi connectivity index (χ3n) is 3.93. The first-order valence-electron chi connectivity index (χ1n) is 6.95. The van der Waals surface area contributed by atoms with Gasteiger partial charge in [0.2, 0.25) is 0 Å². The topological polar surface area (TPSA) is 53.1 Å². The number of nitrogen functional groups attached to an aromatic ring is 1. The van der Waals surface area contributed by atoms with Crippen LogP contribution in [0, 0.1) is 11.2 Å². The summed E-state index contributed by atoms with van der Waals surface area (Å²) in [4.78, 5) is 2.33. The van der Waals surface area contributed by atoms with E-state index in [1.165, 1.54) is 25.7 Å². The lowest BCUT2D eigenvalue weighted by Crippen LogP contribution is -2.32. The van der Waals surface area contributed by atoms with E-state index in [1.54, 1.807) is 18.2 Å². The molecule has 1 fully saturated rings. The van der Waals surface area contributed by atoms with Gasteiger partial charge in [0.25, 0.3) is 0 Å². The van der Waals surface area contributed by atoms with Crippen LogP contribution < -0.4 is 5.73 Å². The van der Waals surface area contributed by atoms with Crippen molar-refractivity contribution in [2.75, 3.05) is 6.54 Å². The molecule has 1 atom stereocenters. The van der Waals surface area contributed by atoms with Gasteiger partial charge in [-0.2, -0.15) is 0 Å². The monoisotopic (exact) mass is 263 g/mol. The number of rotatable bonds is 3. The predicted molar refractivity (Wildman–Crippen MR) is 75.8 cm³/mol. The van der Waals surface area contributed by atoms with Crippen molar-refractivity contribution in [2.24, 2.45) is 5.73 Å². The molecule has 19 heavy (non-hydrogen) atoms. The second-order valence-corrected chi connectivity index (χ2v) is 5.36. The van der Waals surface area contributed by atoms with Crippen molar-refractivity contribution in [2.45, 2.75) is 45.2 Å². The Morgan fingerprint density at radius 1 is 1.42 bits per heavy atom. The number of amidine groups is 1. The zero-order valence-corrected chi connectivity index (χ0v) is 11.5. The first-order chi connectivity index (χ1) is 9.09. The molecule has 1 saturated heterocycles. The lowest BCUT2D eigenvalue weighted by atomic mass is 10.1. The molecule has 1 heterocycles. The summed E-state index contributed by atoms with van der Waals surface area (Å²) < 4.78 is 14.3. The minimum absolute atomic E-state index is 0.205. The van der Waals surface area contributed by atoms with Crippen LogP contribution in [0.15, 0.2) is 18.2 Å². The molecule has 0 amide bonds. The Bertz CT molecular complexity index is 459. The van der Waals surface area contributed by atoms with Gasteiger partial charge in [-0.1, -0.05) is 25.0 Å². The Hall–Kier alpha value is -1.42. The first kappa shape index (κ1) is 14.0. The second-order valence-electron chi connectivity index (χ2n) is 5.36. The second kappa shape index (κ2) is 6.15. The van der Waals surface area contributed by atoms with E-state index in [-0.39, 0.29) is 17.2 Å². The Kier molecular flexibility index (Phi) is 4.53. The summed E-state index contributed by atoms with van der Waals surface area (Å²) in [6.45, 7) is 3.83. The highest BCUT2D eigenvalue weighted by Gasteiger charge is 2.19. The maximum atomic E-state index is 14.3. The minimum atomic E-state index is -0.341. The maximum absolute atomic E-state index is 14.3. The van der Waals surface area contributed by atoms with Crippen LogP contribution in [-0.4, -0.2) is 23.3 Å². The number of nitrogens with zero attached hydrogens (tertiary/aromatic N) is 1. The highest BCUT2D eigenvalue weighted by atomic mass is 19.1. The molecule has 2 rings (SSSR count). The largest absolute Gasteiger partial charge is 0.384 e. The molecule has 0 aromatic heterocycles. The van der Waals surface area contributed by atoms with E-state index in [2.05, 4.69) is 11.8 Å². The number of benzene rings is 1. The molecule has 104 valence electrons. The lowest BCUT2D eigenvalue weighted by Gasteiger charge is -2.27. The van der Waals surface area contributed by atoms with E-state index in [4.69, 9.17) is 11.1 Å². The van der Waals surface area contributed by atoms with Gasteiger partial charge in [-0.3, -0.25) is 10.3 Å². The minimum Gasteiger partial charge on any atom is -0.384 e. The molecule has 3 nitrogen and oxygen atoms in total. The number of nitrogens with two attached hydrogens (primary N) is 1. The molecule has 1 aliphatic heterocycles. The van der Waals surface area contributed by atoms with E-state index < -0.39 is 0 Å². The van der Waals surface area contributed by atoms with Gasteiger partial charge in [-0.25, -0.2) is 4.39 Å². The van der Waals surface area contributed by atoms with Gasteiger partial charge in [-0.05, 0) is 32.4 Å². The van der Waals surface area contributed by atoms with Crippen LogP contribution in [0.25, 0.3) is 0 Å². The molecular formula is C15H22FN3. The fourth-order valence-electron chi connectivity index (χ4n) is 2.70. The quantitative estimate of drug-likeness (QED) is 0.651. The average molecular weight is 263 g/mol. The van der Waals surface area contributed by atoms with Crippen molar-refractivity contribution in [3.05, 3.63) is 35.1 Å². The van der Waals surface area contributed by atoms with E-state index in [9.17, 15) is 4.39 Å². The molecule has 0 bridgehead atoms. The van der Waals surface area contributed by atoms with Crippen molar-refractivity contribution < 1.29 is 4.39 Å². The van der Waals surface area contributed by atoms with Crippen LogP contribution in [0.3, 0.4) is 0 Å². The van der Waals surface area contributed by atoms with Gasteiger partial charge in [0, 0.05) is 18.2 Å². The van der Waals surface area contributed by atoms with Gasteiger partial charge in [-0.15, -0.1) is 0 Å². The Balaban J connectivity index is 2.18. The molecule has 1 aromatic carbocycles. The fraction of sp³-hybridized carbons (Fsp3) is 0.533. The summed E-state index contributed by atoms with van der Waals surface area (Å²) in [7, 11) is 0. The van der Waals surface area contributed by atoms with Gasteiger partial charge in [0.1, 0.15) is 11.7 Å². The summed E-state index contributed by atoms with van der Waals surface area (Å²) in [5.74, 6) is -0.547. The van der Waals surface area contributed by atoms with Crippen molar-refractivity contribution in [1.29, 1.82) is 5.41 Å². The molecule has 0 aliphatic carbocycles. The SMILES string of the molecule is CC1CCCCCN1Cc1cccc(C(=N)N)c1F. The summed E-state index contributed by atoms with van der Waals surface area (Å²) in [6.07, 6.45) is 4.87. The molecule has 1 aliphatic rings. The van der Waals surface area contributed by atoms with E-state index in [0.717, 1.165) is 6.54 Å². The van der Waals surface area contributed by atoms with E-state index in [0.29, 0.717) is 18.2 Å². The van der Waals surface area contributed by atoms with Gasteiger partial charge in [0.15, 0.2) is 0 Å². The van der Waals surface area contributed by atoms with Crippen LogP contribution in [0.4, 0.5) is 4.39 Å². The smallest absolute Gasteiger partial charge is 0.138 e. The van der Waals surface area contributed by atoms with Crippen molar-refractivity contribution in [3.8, 4) is 0 Å². The van der Waals surface area contributed by atoms with Crippen LogP contribution in [0.1, 0.15) is 43.7 Å². The van der Waals surface area contributed by atoms with Gasteiger partial charge < -0.3 is 5.73 Å². The summed E-state index contributed by atoms with van der Waals surface area (Å²) in [5.41, 5.74) is 6.25. The fourth-order valence-corrected chi connectivity index (χ4v) is 2.70. The van der Waals surface area contributed by atoms with Crippen LogP contribution in [0.2, 0.25) is 0 Å². The average Bonchev–Trinajstić information content (AvgIpc) is 2.57. The zero-order valence-electron chi connectivity index (χ0n) is 11.5. The highest BCUT2D eigenvalue weighted by molar-refractivity contribution is 5.95. The standard InChI is InChI=1S/C15H22FN3/c1-11-6-3-2-4-9-19(11)10-12-7-5-8-13(14(12)16)15(17)18/h5,7-8,11H,2-4,6,9-10H2,1H3,(H3,17,18). The molecule has 0 radical (unpaired) electrons. The van der Waals surface area contributed by atoms with Crippen LogP contribution >= 0.6 is 0 Å². The Labute approximate surface area is 114 Å². The van der Waals surface area contributed by atoms with Crippen LogP contribution in [0.5, 0.6) is 0 Å². The number of hydrogen-bond acceptors (Lipinski definition) is 2. The number of nitrogens with one attached hydrogen (secondary N) is 1. The highest BCUT2D eigenvalue weighted by Crippen LogP contribution is 2.21. The molecule has 0 spiro atoms. The summed E-state index contributed by atoms with van der Waals surface area (Å²) in [6, 6.07) is 5.62. The van der Waals surface area contributed by atoms with Gasteiger partial charge >= 0.3 is 0 Å². The number of likely N-dealkylation sites (tertiary alicyclic amines) is 1. The zero-order chi connectivity index (χ0) is 13.8. The molecule has 4 heteroatoms. The van der Waals surface area contributed by atoms with Crippen molar-refractivity contribution in [1.82, 2.24) is 4.90 Å². The number of hydrogen-bond donors (Lipinski definition) is 2. The van der Waals surface area contributed by atoms with E-state index in [1.807, 2.05) is 0 Å². The number of halogens is 1. The van der Waals surface area contributed by atoms with Crippen LogP contribution in [-0.2, 0) is 6.54 Å². The summed E-state index contributed by atoms with van der Waals surface area (Å²) in [5, 5.41) is 7.39. The first-order valence-corrected chi connectivity index (χ1v) is 6.95. The maximum Gasteiger partial charge on any atom is 0.138 e. The Morgan fingerprint density at radius 3 is 2.95 bits per heavy atom.